The molecule has 1 saturated heterocycles. The second kappa shape index (κ2) is 6.69. The van der Waals surface area contributed by atoms with Crippen LogP contribution < -0.4 is 0 Å². The molecule has 22 heavy (non-hydrogen) atoms. The summed E-state index contributed by atoms with van der Waals surface area (Å²) in [5.74, 6) is 0.987. The summed E-state index contributed by atoms with van der Waals surface area (Å²) in [6.45, 7) is 6.05. The number of aromatic nitrogens is 1. The Morgan fingerprint density at radius 2 is 1.95 bits per heavy atom. The summed E-state index contributed by atoms with van der Waals surface area (Å²) < 4.78 is 0. The first-order valence-corrected chi connectivity index (χ1v) is 8.82. The number of carbonyl (C=O) groups excluding carboxylic acids is 1. The van der Waals surface area contributed by atoms with E-state index in [0.29, 0.717) is 0 Å². The standard InChI is InChI=1S/C18H22N2OS/c1-13-9-11-20(12-10-13)18(21)14(2)22-17-8-7-15-5-3-4-6-16(15)19-17/h3-8,13-14H,9-12H2,1-2H3. The Kier molecular flexibility index (Phi) is 4.67. The molecule has 0 aliphatic carbocycles. The molecule has 3 nitrogen and oxygen atoms in total. The van der Waals surface area contributed by atoms with Gasteiger partial charge in [0.25, 0.3) is 0 Å². The third-order valence-electron chi connectivity index (χ3n) is 4.31. The van der Waals surface area contributed by atoms with Crippen molar-refractivity contribution >= 4 is 28.6 Å². The molecular weight excluding hydrogens is 292 g/mol. The summed E-state index contributed by atoms with van der Waals surface area (Å²) in [5, 5.41) is 1.97. The van der Waals surface area contributed by atoms with Gasteiger partial charge in [0.1, 0.15) is 0 Å². The molecule has 0 spiro atoms. The molecule has 116 valence electrons. The Bertz CT molecular complexity index is 665. The molecule has 1 unspecified atom stereocenters. The topological polar surface area (TPSA) is 33.2 Å². The van der Waals surface area contributed by atoms with Gasteiger partial charge >= 0.3 is 0 Å². The van der Waals surface area contributed by atoms with Crippen LogP contribution >= 0.6 is 11.8 Å². The van der Waals surface area contributed by atoms with Crippen molar-refractivity contribution in [2.24, 2.45) is 5.92 Å². The van der Waals surface area contributed by atoms with E-state index in [1.807, 2.05) is 36.1 Å². The van der Waals surface area contributed by atoms with Crippen molar-refractivity contribution in [1.82, 2.24) is 9.88 Å². The molecule has 3 rings (SSSR count). The molecule has 2 aromatic rings. The van der Waals surface area contributed by atoms with E-state index < -0.39 is 0 Å². The van der Waals surface area contributed by atoms with Crippen molar-refractivity contribution in [3.63, 3.8) is 0 Å². The SMILES string of the molecule is CC1CCN(C(=O)C(C)Sc2ccc3ccccc3n2)CC1. The maximum Gasteiger partial charge on any atom is 0.235 e. The maximum absolute atomic E-state index is 12.6. The minimum Gasteiger partial charge on any atom is -0.342 e. The molecule has 4 heteroatoms. The molecule has 0 N–H and O–H groups in total. The molecule has 0 saturated carbocycles. The van der Waals surface area contributed by atoms with Crippen molar-refractivity contribution in [3.05, 3.63) is 36.4 Å². The number of hydrogen-bond acceptors (Lipinski definition) is 3. The number of hydrogen-bond donors (Lipinski definition) is 0. The average Bonchev–Trinajstić information content (AvgIpc) is 2.55. The summed E-state index contributed by atoms with van der Waals surface area (Å²) in [7, 11) is 0. The van der Waals surface area contributed by atoms with E-state index in [1.54, 1.807) is 11.8 Å². The van der Waals surface area contributed by atoms with Crippen LogP contribution in [0.25, 0.3) is 10.9 Å². The highest BCUT2D eigenvalue weighted by Gasteiger charge is 2.25. The number of rotatable bonds is 3. The number of benzene rings is 1. The van der Waals surface area contributed by atoms with Crippen LogP contribution in [0.2, 0.25) is 0 Å². The number of carbonyl (C=O) groups is 1. The van der Waals surface area contributed by atoms with Gasteiger partial charge in [-0.3, -0.25) is 4.79 Å². The Morgan fingerprint density at radius 3 is 2.73 bits per heavy atom. The molecule has 1 fully saturated rings. The Balaban J connectivity index is 1.67. The van der Waals surface area contributed by atoms with Gasteiger partial charge in [0.15, 0.2) is 0 Å². The fourth-order valence-corrected chi connectivity index (χ4v) is 3.74. The van der Waals surface area contributed by atoms with Gasteiger partial charge in [-0.1, -0.05) is 43.0 Å². The molecule has 2 heterocycles. The first-order valence-electron chi connectivity index (χ1n) is 7.95. The number of para-hydroxylation sites is 1. The third kappa shape index (κ3) is 3.43. The number of likely N-dealkylation sites (tertiary alicyclic amines) is 1. The first kappa shape index (κ1) is 15.3. The van der Waals surface area contributed by atoms with E-state index in [0.717, 1.165) is 47.8 Å². The lowest BCUT2D eigenvalue weighted by atomic mass is 9.99. The summed E-state index contributed by atoms with van der Waals surface area (Å²) in [6, 6.07) is 12.2. The largest absolute Gasteiger partial charge is 0.342 e. The number of pyridine rings is 1. The summed E-state index contributed by atoms with van der Waals surface area (Å²) >= 11 is 1.56. The quantitative estimate of drug-likeness (QED) is 0.804. The van der Waals surface area contributed by atoms with Gasteiger partial charge in [0.2, 0.25) is 5.91 Å². The van der Waals surface area contributed by atoms with Crippen LogP contribution in [0.4, 0.5) is 0 Å². The highest BCUT2D eigenvalue weighted by Crippen LogP contribution is 2.26. The Labute approximate surface area is 136 Å². The molecule has 0 bridgehead atoms. The molecule has 1 atom stereocenters. The molecule has 1 aliphatic heterocycles. The van der Waals surface area contributed by atoms with E-state index in [9.17, 15) is 4.79 Å². The molecule has 1 amide bonds. The lowest BCUT2D eigenvalue weighted by molar-refractivity contribution is -0.131. The highest BCUT2D eigenvalue weighted by atomic mass is 32.2. The molecular formula is C18H22N2OS. The van der Waals surface area contributed by atoms with Crippen molar-refractivity contribution < 1.29 is 4.79 Å². The molecule has 0 radical (unpaired) electrons. The van der Waals surface area contributed by atoms with Gasteiger partial charge in [0, 0.05) is 18.5 Å². The van der Waals surface area contributed by atoms with E-state index in [-0.39, 0.29) is 11.2 Å². The smallest absolute Gasteiger partial charge is 0.235 e. The van der Waals surface area contributed by atoms with E-state index in [2.05, 4.69) is 24.0 Å². The highest BCUT2D eigenvalue weighted by molar-refractivity contribution is 8.00. The van der Waals surface area contributed by atoms with Crippen molar-refractivity contribution in [3.8, 4) is 0 Å². The van der Waals surface area contributed by atoms with Crippen LogP contribution in [-0.2, 0) is 4.79 Å². The average molecular weight is 314 g/mol. The molecule has 1 aromatic carbocycles. The monoisotopic (exact) mass is 314 g/mol. The van der Waals surface area contributed by atoms with Gasteiger partial charge in [-0.05, 0) is 37.8 Å². The van der Waals surface area contributed by atoms with Crippen molar-refractivity contribution in [1.29, 1.82) is 0 Å². The van der Waals surface area contributed by atoms with Crippen molar-refractivity contribution in [2.45, 2.75) is 37.0 Å². The number of piperidine rings is 1. The van der Waals surface area contributed by atoms with Crippen LogP contribution in [0.5, 0.6) is 0 Å². The fraction of sp³-hybridized carbons (Fsp3) is 0.444. The third-order valence-corrected chi connectivity index (χ3v) is 5.34. The first-order chi connectivity index (χ1) is 10.6. The van der Waals surface area contributed by atoms with Crippen molar-refractivity contribution in [2.75, 3.05) is 13.1 Å². The summed E-state index contributed by atoms with van der Waals surface area (Å²) in [4.78, 5) is 19.2. The Hall–Kier alpha value is -1.55. The predicted molar refractivity (Wildman–Crippen MR) is 92.0 cm³/mol. The van der Waals surface area contributed by atoms with Gasteiger partial charge in [0.05, 0.1) is 15.8 Å². The second-order valence-corrected chi connectivity index (χ2v) is 7.47. The van der Waals surface area contributed by atoms with Gasteiger partial charge in [-0.25, -0.2) is 4.98 Å². The van der Waals surface area contributed by atoms with Gasteiger partial charge in [-0.2, -0.15) is 0 Å². The van der Waals surface area contributed by atoms with Gasteiger partial charge in [-0.15, -0.1) is 0 Å². The number of thioether (sulfide) groups is 1. The van der Waals surface area contributed by atoms with Crippen LogP contribution in [0.1, 0.15) is 26.7 Å². The normalized spacial score (nSPS) is 17.6. The molecule has 1 aromatic heterocycles. The summed E-state index contributed by atoms with van der Waals surface area (Å²) in [6.07, 6.45) is 2.24. The van der Waals surface area contributed by atoms with Gasteiger partial charge < -0.3 is 4.90 Å². The lowest BCUT2D eigenvalue weighted by Crippen LogP contribution is -2.41. The zero-order chi connectivity index (χ0) is 15.5. The number of nitrogens with zero attached hydrogens (tertiary/aromatic N) is 2. The minimum absolute atomic E-state index is 0.0814. The second-order valence-electron chi connectivity index (χ2n) is 6.11. The fourth-order valence-electron chi connectivity index (χ4n) is 2.83. The predicted octanol–water partition coefficient (Wildman–Crippen LogP) is 3.97. The van der Waals surface area contributed by atoms with Crippen LogP contribution in [0.3, 0.4) is 0 Å². The minimum atomic E-state index is -0.0814. The Morgan fingerprint density at radius 1 is 1.23 bits per heavy atom. The number of fused-ring (bicyclic) bond motifs is 1. The van der Waals surface area contributed by atoms with Crippen LogP contribution in [0.15, 0.2) is 41.4 Å². The summed E-state index contributed by atoms with van der Waals surface area (Å²) in [5.41, 5.74) is 0.985. The van der Waals surface area contributed by atoms with E-state index in [1.165, 1.54) is 0 Å². The van der Waals surface area contributed by atoms with E-state index >= 15 is 0 Å². The zero-order valence-electron chi connectivity index (χ0n) is 13.2. The van der Waals surface area contributed by atoms with Crippen LogP contribution in [0, 0.1) is 5.92 Å². The van der Waals surface area contributed by atoms with E-state index in [4.69, 9.17) is 0 Å². The number of amides is 1. The maximum atomic E-state index is 12.6. The van der Waals surface area contributed by atoms with Crippen LogP contribution in [-0.4, -0.2) is 34.1 Å². The zero-order valence-corrected chi connectivity index (χ0v) is 14.0. The lowest BCUT2D eigenvalue weighted by Gasteiger charge is -2.32. The molecule has 1 aliphatic rings.